The molecule has 1 saturated heterocycles. The fourth-order valence-corrected chi connectivity index (χ4v) is 5.56. The van der Waals surface area contributed by atoms with Crippen molar-refractivity contribution in [2.24, 2.45) is 0 Å². The predicted octanol–water partition coefficient (Wildman–Crippen LogP) is 4.12. The van der Waals surface area contributed by atoms with Gasteiger partial charge >= 0.3 is 0 Å². The van der Waals surface area contributed by atoms with E-state index in [2.05, 4.69) is 15.0 Å². The maximum Gasteiger partial charge on any atom is 0.167 e. The molecule has 1 fully saturated rings. The summed E-state index contributed by atoms with van der Waals surface area (Å²) in [6.07, 6.45) is -1.64. The predicted molar refractivity (Wildman–Crippen MR) is 155 cm³/mol. The first kappa shape index (κ1) is 28.1. The van der Waals surface area contributed by atoms with Gasteiger partial charge in [-0.05, 0) is 41.0 Å². The van der Waals surface area contributed by atoms with Gasteiger partial charge < -0.3 is 29.2 Å². The van der Waals surface area contributed by atoms with Gasteiger partial charge in [-0.15, -0.1) is 0 Å². The van der Waals surface area contributed by atoms with E-state index < -0.39 is 30.1 Å². The molecular weight excluding hydrogens is 560 g/mol. The lowest BCUT2D eigenvalue weighted by atomic mass is 9.80. The summed E-state index contributed by atoms with van der Waals surface area (Å²) in [4.78, 5) is 12.5. The van der Waals surface area contributed by atoms with Crippen LogP contribution in [0.15, 0.2) is 91.5 Å². The lowest BCUT2D eigenvalue weighted by Crippen LogP contribution is -2.39. The van der Waals surface area contributed by atoms with Gasteiger partial charge in [0.2, 0.25) is 0 Å². The van der Waals surface area contributed by atoms with Crippen molar-refractivity contribution < 1.29 is 29.2 Å². The fourth-order valence-electron chi connectivity index (χ4n) is 5.39. The maximum absolute atomic E-state index is 11.1. The van der Waals surface area contributed by atoms with Crippen LogP contribution in [0.1, 0.15) is 22.9 Å². The summed E-state index contributed by atoms with van der Waals surface area (Å²) in [5.41, 5.74) is 2.15. The van der Waals surface area contributed by atoms with E-state index in [1.54, 1.807) is 14.2 Å². The lowest BCUT2D eigenvalue weighted by Gasteiger charge is -2.37. The van der Waals surface area contributed by atoms with E-state index in [0.717, 1.165) is 16.7 Å². The number of aromatic nitrogens is 4. The van der Waals surface area contributed by atoms with Gasteiger partial charge in [0.05, 0.1) is 27.2 Å². The molecule has 0 aliphatic carbocycles. The van der Waals surface area contributed by atoms with Crippen LogP contribution >= 0.6 is 11.6 Å². The van der Waals surface area contributed by atoms with E-state index >= 15 is 0 Å². The van der Waals surface area contributed by atoms with Crippen LogP contribution < -0.4 is 9.47 Å². The second-order valence-electron chi connectivity index (χ2n) is 9.85. The van der Waals surface area contributed by atoms with Gasteiger partial charge in [0.15, 0.2) is 17.0 Å². The molecule has 6 rings (SSSR count). The van der Waals surface area contributed by atoms with Crippen molar-refractivity contribution in [3.05, 3.63) is 113 Å². The van der Waals surface area contributed by atoms with Crippen molar-refractivity contribution >= 4 is 22.8 Å². The number of hydrogen-bond acceptors (Lipinski definition) is 9. The molecule has 216 valence electrons. The molecule has 2 aromatic heterocycles. The Morgan fingerprint density at radius 3 is 2.00 bits per heavy atom. The van der Waals surface area contributed by atoms with Crippen LogP contribution in [0.25, 0.3) is 11.2 Å². The van der Waals surface area contributed by atoms with E-state index in [-0.39, 0.29) is 11.8 Å². The standard InChI is InChI=1S/C31H29ClN4O6/c1-39-22-12-8-20(9-13-22)31(19-6-4-3-5-7-19,21-10-14-23(40-2)15-11-21)41-16-24-26(37)27(38)30(42-24)36-18-35-25-28(32)33-17-34-29(25)36/h3-15,17-18,24,26-27,30,37-38H,16H2,1-2H3/t24-,26-,27-,30-/m1/s1. The highest BCUT2D eigenvalue weighted by Crippen LogP contribution is 2.43. The van der Waals surface area contributed by atoms with E-state index in [9.17, 15) is 10.2 Å². The number of nitrogens with zero attached hydrogens (tertiary/aromatic N) is 4. The Bertz CT molecular complexity index is 1600. The highest BCUT2D eigenvalue weighted by Gasteiger charge is 2.47. The Morgan fingerprint density at radius 1 is 0.810 bits per heavy atom. The summed E-state index contributed by atoms with van der Waals surface area (Å²) >= 11 is 6.17. The molecule has 10 nitrogen and oxygen atoms in total. The lowest BCUT2D eigenvalue weighted by molar-refractivity contribution is -0.0942. The van der Waals surface area contributed by atoms with Crippen LogP contribution in [0.4, 0.5) is 0 Å². The van der Waals surface area contributed by atoms with E-state index in [1.165, 1.54) is 17.2 Å². The molecule has 3 aromatic carbocycles. The largest absolute Gasteiger partial charge is 0.497 e. The molecule has 42 heavy (non-hydrogen) atoms. The highest BCUT2D eigenvalue weighted by atomic mass is 35.5. The molecule has 1 aliphatic rings. The summed E-state index contributed by atoms with van der Waals surface area (Å²) in [7, 11) is 3.23. The molecular formula is C31H29ClN4O6. The Balaban J connectivity index is 1.39. The Hall–Kier alpha value is -4.06. The molecule has 11 heteroatoms. The zero-order chi connectivity index (χ0) is 29.3. The molecule has 0 amide bonds. The minimum Gasteiger partial charge on any atom is -0.497 e. The number of halogens is 1. The molecule has 1 aliphatic heterocycles. The van der Waals surface area contributed by atoms with Crippen LogP contribution in [0.2, 0.25) is 5.15 Å². The second-order valence-corrected chi connectivity index (χ2v) is 10.2. The Labute approximate surface area is 247 Å². The molecule has 0 unspecified atom stereocenters. The third-order valence-corrected chi connectivity index (χ3v) is 7.84. The van der Waals surface area contributed by atoms with Gasteiger partial charge in [-0.3, -0.25) is 4.57 Å². The molecule has 0 radical (unpaired) electrons. The van der Waals surface area contributed by atoms with Gasteiger partial charge in [0, 0.05) is 0 Å². The number of aliphatic hydroxyl groups is 2. The van der Waals surface area contributed by atoms with Gasteiger partial charge in [0.1, 0.15) is 47.3 Å². The van der Waals surface area contributed by atoms with Crippen molar-refractivity contribution in [3.8, 4) is 11.5 Å². The summed E-state index contributed by atoms with van der Waals surface area (Å²) in [5, 5.41) is 22.3. The molecule has 5 aromatic rings. The van der Waals surface area contributed by atoms with Crippen molar-refractivity contribution in [2.45, 2.75) is 30.1 Å². The zero-order valence-electron chi connectivity index (χ0n) is 22.9. The van der Waals surface area contributed by atoms with Crippen molar-refractivity contribution in [1.82, 2.24) is 19.5 Å². The second kappa shape index (κ2) is 11.7. The topological polar surface area (TPSA) is 121 Å². The van der Waals surface area contributed by atoms with Crippen LogP contribution in [0, 0.1) is 0 Å². The highest BCUT2D eigenvalue weighted by molar-refractivity contribution is 6.33. The first-order valence-electron chi connectivity index (χ1n) is 13.3. The molecule has 0 saturated carbocycles. The molecule has 2 N–H and O–H groups in total. The van der Waals surface area contributed by atoms with Crippen LogP contribution in [0.5, 0.6) is 11.5 Å². The average Bonchev–Trinajstić information content (AvgIpc) is 3.59. The number of ether oxygens (including phenoxy) is 4. The quantitative estimate of drug-likeness (QED) is 0.193. The number of aliphatic hydroxyl groups excluding tert-OH is 2. The first-order chi connectivity index (χ1) is 20.5. The van der Waals surface area contributed by atoms with Gasteiger partial charge in [-0.25, -0.2) is 15.0 Å². The number of benzene rings is 3. The molecule has 4 atom stereocenters. The van der Waals surface area contributed by atoms with Crippen LogP contribution in [0.3, 0.4) is 0 Å². The number of imidazole rings is 1. The minimum absolute atomic E-state index is 0.0654. The SMILES string of the molecule is COc1ccc(C(OC[C@H]2O[C@@H](n3cnc4c(Cl)ncnc43)[C@H](O)[C@@H]2O)(c2ccccc2)c2ccc(OC)cc2)cc1. The third kappa shape index (κ3) is 4.87. The molecule has 0 bridgehead atoms. The zero-order valence-corrected chi connectivity index (χ0v) is 23.6. The van der Waals surface area contributed by atoms with E-state index in [1.807, 2.05) is 78.9 Å². The van der Waals surface area contributed by atoms with Crippen LogP contribution in [-0.2, 0) is 15.1 Å². The number of hydrogen-bond donors (Lipinski definition) is 2. The summed E-state index contributed by atoms with van der Waals surface area (Å²) in [5.74, 6) is 1.40. The molecule has 3 heterocycles. The summed E-state index contributed by atoms with van der Waals surface area (Å²) in [6, 6.07) is 25.1. The van der Waals surface area contributed by atoms with Gasteiger partial charge in [-0.2, -0.15) is 0 Å². The Morgan fingerprint density at radius 2 is 1.40 bits per heavy atom. The van der Waals surface area contributed by atoms with Gasteiger partial charge in [-0.1, -0.05) is 66.2 Å². The maximum atomic E-state index is 11.1. The third-order valence-electron chi connectivity index (χ3n) is 7.56. The summed E-state index contributed by atoms with van der Waals surface area (Å²) in [6.45, 7) is -0.0654. The van der Waals surface area contributed by atoms with Crippen LogP contribution in [-0.4, -0.2) is 68.9 Å². The average molecular weight is 589 g/mol. The number of rotatable bonds is 9. The first-order valence-corrected chi connectivity index (χ1v) is 13.7. The number of methoxy groups -OCH3 is 2. The smallest absolute Gasteiger partial charge is 0.167 e. The fraction of sp³-hybridized carbons (Fsp3) is 0.258. The van der Waals surface area contributed by atoms with Gasteiger partial charge in [0.25, 0.3) is 0 Å². The van der Waals surface area contributed by atoms with E-state index in [0.29, 0.717) is 22.7 Å². The molecule has 0 spiro atoms. The Kier molecular flexibility index (Phi) is 7.80. The normalized spacial score (nSPS) is 20.6. The minimum atomic E-state index is -1.28. The van der Waals surface area contributed by atoms with Crippen molar-refractivity contribution in [1.29, 1.82) is 0 Å². The number of fused-ring (bicyclic) bond motifs is 1. The monoisotopic (exact) mass is 588 g/mol. The summed E-state index contributed by atoms with van der Waals surface area (Å²) < 4.78 is 25.4. The van der Waals surface area contributed by atoms with Crippen molar-refractivity contribution in [3.63, 3.8) is 0 Å². The van der Waals surface area contributed by atoms with Crippen molar-refractivity contribution in [2.75, 3.05) is 20.8 Å². The van der Waals surface area contributed by atoms with E-state index in [4.69, 9.17) is 30.5 Å².